The number of thiazole rings is 1. The van der Waals surface area contributed by atoms with Gasteiger partial charge in [-0.05, 0) is 67.3 Å². The molecule has 0 atom stereocenters. The first-order chi connectivity index (χ1) is 11.2. The third-order valence-corrected chi connectivity index (χ3v) is 7.43. The molecule has 0 unspecified atom stereocenters. The van der Waals surface area contributed by atoms with E-state index in [0.717, 1.165) is 28.5 Å². The zero-order chi connectivity index (χ0) is 15.4. The van der Waals surface area contributed by atoms with Crippen molar-refractivity contribution in [3.05, 3.63) is 40.2 Å². The number of hydrogen-bond acceptors (Lipinski definition) is 3. The molecule has 23 heavy (non-hydrogen) atoms. The minimum absolute atomic E-state index is 0.498. The van der Waals surface area contributed by atoms with Gasteiger partial charge in [-0.25, -0.2) is 4.98 Å². The first kappa shape index (κ1) is 14.2. The van der Waals surface area contributed by atoms with Crippen LogP contribution in [0.25, 0.3) is 11.3 Å². The molecule has 4 aliphatic carbocycles. The standard InChI is InChI=1S/C20H24N2S/c21-11-19-22-18(12-23-19)16-1-3-17(4-2-16)20-8-13-5-14(9-20)7-15(6-13)10-20/h1-4,12-15H,5-11,21H2. The van der Waals surface area contributed by atoms with Gasteiger partial charge in [0.05, 0.1) is 5.69 Å². The van der Waals surface area contributed by atoms with E-state index in [9.17, 15) is 0 Å². The highest BCUT2D eigenvalue weighted by atomic mass is 32.1. The molecule has 6 rings (SSSR count). The van der Waals surface area contributed by atoms with Gasteiger partial charge in [-0.1, -0.05) is 24.3 Å². The quantitative estimate of drug-likeness (QED) is 0.886. The molecule has 1 aromatic heterocycles. The number of nitrogens with two attached hydrogens (primary N) is 1. The summed E-state index contributed by atoms with van der Waals surface area (Å²) in [7, 11) is 0. The van der Waals surface area contributed by atoms with E-state index in [2.05, 4.69) is 34.6 Å². The summed E-state index contributed by atoms with van der Waals surface area (Å²) in [4.78, 5) is 4.61. The fraction of sp³-hybridized carbons (Fsp3) is 0.550. The number of benzene rings is 1. The first-order valence-electron chi connectivity index (χ1n) is 8.99. The minimum atomic E-state index is 0.498. The van der Waals surface area contributed by atoms with E-state index in [1.807, 2.05) is 0 Å². The van der Waals surface area contributed by atoms with Crippen LogP contribution in [0.2, 0.25) is 0 Å². The maximum atomic E-state index is 5.68. The average molecular weight is 324 g/mol. The number of aromatic nitrogens is 1. The van der Waals surface area contributed by atoms with Gasteiger partial charge in [-0.3, -0.25) is 0 Å². The molecule has 120 valence electrons. The Morgan fingerprint density at radius 1 is 1.00 bits per heavy atom. The molecule has 4 saturated carbocycles. The van der Waals surface area contributed by atoms with Crippen LogP contribution in [0.5, 0.6) is 0 Å². The predicted octanol–water partition coefficient (Wildman–Crippen LogP) is 4.74. The molecule has 4 fully saturated rings. The van der Waals surface area contributed by atoms with E-state index in [1.165, 1.54) is 44.1 Å². The van der Waals surface area contributed by atoms with Crippen molar-refractivity contribution in [1.29, 1.82) is 0 Å². The smallest absolute Gasteiger partial charge is 0.107 e. The lowest BCUT2D eigenvalue weighted by Gasteiger charge is -2.57. The molecule has 1 heterocycles. The summed E-state index contributed by atoms with van der Waals surface area (Å²) in [5, 5.41) is 3.15. The number of rotatable bonds is 3. The van der Waals surface area contributed by atoms with E-state index in [4.69, 9.17) is 5.73 Å². The fourth-order valence-electron chi connectivity index (χ4n) is 6.00. The van der Waals surface area contributed by atoms with Crippen molar-refractivity contribution >= 4 is 11.3 Å². The fourth-order valence-corrected chi connectivity index (χ4v) is 6.68. The lowest BCUT2D eigenvalue weighted by atomic mass is 9.48. The lowest BCUT2D eigenvalue weighted by Crippen LogP contribution is -2.48. The highest BCUT2D eigenvalue weighted by molar-refractivity contribution is 7.09. The Kier molecular flexibility index (Phi) is 3.18. The highest BCUT2D eigenvalue weighted by Gasteiger charge is 2.51. The van der Waals surface area contributed by atoms with Crippen LogP contribution in [0.1, 0.15) is 49.1 Å². The van der Waals surface area contributed by atoms with Gasteiger partial charge in [0.2, 0.25) is 0 Å². The van der Waals surface area contributed by atoms with Crippen molar-refractivity contribution in [3.8, 4) is 11.3 Å². The average Bonchev–Trinajstić information content (AvgIpc) is 3.03. The second-order valence-corrected chi connectivity index (χ2v) is 9.05. The molecule has 2 nitrogen and oxygen atoms in total. The number of nitrogens with zero attached hydrogens (tertiary/aromatic N) is 1. The van der Waals surface area contributed by atoms with Crippen molar-refractivity contribution in [2.45, 2.75) is 50.5 Å². The van der Waals surface area contributed by atoms with Gasteiger partial charge >= 0.3 is 0 Å². The van der Waals surface area contributed by atoms with Gasteiger partial charge in [-0.15, -0.1) is 11.3 Å². The zero-order valence-corrected chi connectivity index (χ0v) is 14.3. The van der Waals surface area contributed by atoms with E-state index < -0.39 is 0 Å². The molecule has 3 heteroatoms. The third kappa shape index (κ3) is 2.28. The Labute approximate surface area is 142 Å². The van der Waals surface area contributed by atoms with Gasteiger partial charge < -0.3 is 5.73 Å². The van der Waals surface area contributed by atoms with E-state index in [1.54, 1.807) is 16.9 Å². The summed E-state index contributed by atoms with van der Waals surface area (Å²) in [6.45, 7) is 0.538. The van der Waals surface area contributed by atoms with Crippen LogP contribution in [0.3, 0.4) is 0 Å². The summed E-state index contributed by atoms with van der Waals surface area (Å²) in [6.07, 6.45) is 8.85. The monoisotopic (exact) mass is 324 g/mol. The van der Waals surface area contributed by atoms with Crippen LogP contribution in [-0.2, 0) is 12.0 Å². The van der Waals surface area contributed by atoms with Gasteiger partial charge in [0, 0.05) is 17.5 Å². The summed E-state index contributed by atoms with van der Waals surface area (Å²) in [6, 6.07) is 9.35. The first-order valence-corrected chi connectivity index (χ1v) is 9.87. The molecule has 0 aliphatic heterocycles. The Morgan fingerprint density at radius 3 is 2.13 bits per heavy atom. The molecular formula is C20H24N2S. The van der Waals surface area contributed by atoms with Crippen molar-refractivity contribution in [3.63, 3.8) is 0 Å². The SMILES string of the molecule is NCc1nc(-c2ccc(C34CC5CC(CC(C5)C3)C4)cc2)cs1. The third-order valence-electron chi connectivity index (χ3n) is 6.56. The molecule has 0 amide bonds. The zero-order valence-electron chi connectivity index (χ0n) is 13.5. The molecule has 2 aromatic rings. The minimum Gasteiger partial charge on any atom is -0.325 e. The number of hydrogen-bond donors (Lipinski definition) is 1. The van der Waals surface area contributed by atoms with E-state index >= 15 is 0 Å². The normalized spacial score (nSPS) is 34.9. The second kappa shape index (κ2) is 5.15. The molecule has 0 radical (unpaired) electrons. The van der Waals surface area contributed by atoms with E-state index in [-0.39, 0.29) is 0 Å². The molecule has 2 N–H and O–H groups in total. The Morgan fingerprint density at radius 2 is 1.61 bits per heavy atom. The maximum absolute atomic E-state index is 5.68. The summed E-state index contributed by atoms with van der Waals surface area (Å²) in [5.74, 6) is 3.02. The predicted molar refractivity (Wildman–Crippen MR) is 95.3 cm³/mol. The van der Waals surface area contributed by atoms with Crippen LogP contribution in [0.15, 0.2) is 29.6 Å². The largest absolute Gasteiger partial charge is 0.325 e. The second-order valence-electron chi connectivity index (χ2n) is 8.11. The molecule has 1 aromatic carbocycles. The highest BCUT2D eigenvalue weighted by Crippen LogP contribution is 2.60. The van der Waals surface area contributed by atoms with Crippen molar-refractivity contribution in [2.75, 3.05) is 0 Å². The maximum Gasteiger partial charge on any atom is 0.107 e. The lowest BCUT2D eigenvalue weighted by molar-refractivity contribution is -0.00518. The van der Waals surface area contributed by atoms with Gasteiger partial charge in [0.25, 0.3) is 0 Å². The van der Waals surface area contributed by atoms with Crippen LogP contribution in [0.4, 0.5) is 0 Å². The van der Waals surface area contributed by atoms with Crippen LogP contribution in [-0.4, -0.2) is 4.98 Å². The summed E-state index contributed by atoms with van der Waals surface area (Å²) < 4.78 is 0. The van der Waals surface area contributed by atoms with Gasteiger partial charge in [0.1, 0.15) is 5.01 Å². The molecule has 0 saturated heterocycles. The molecule has 0 spiro atoms. The summed E-state index contributed by atoms with van der Waals surface area (Å²) >= 11 is 1.66. The van der Waals surface area contributed by atoms with Crippen molar-refractivity contribution in [1.82, 2.24) is 4.98 Å². The molecule has 4 bridgehead atoms. The summed E-state index contributed by atoms with van der Waals surface area (Å²) in [5.41, 5.74) is 10.1. The Bertz CT molecular complexity index is 680. The van der Waals surface area contributed by atoms with E-state index in [0.29, 0.717) is 12.0 Å². The molecular weight excluding hydrogens is 300 g/mol. The van der Waals surface area contributed by atoms with Crippen LogP contribution in [0, 0.1) is 17.8 Å². The Hall–Kier alpha value is -1.19. The van der Waals surface area contributed by atoms with Crippen LogP contribution < -0.4 is 5.73 Å². The Balaban J connectivity index is 1.45. The van der Waals surface area contributed by atoms with Crippen molar-refractivity contribution in [2.24, 2.45) is 23.5 Å². The molecule has 4 aliphatic rings. The topological polar surface area (TPSA) is 38.9 Å². The van der Waals surface area contributed by atoms with Crippen molar-refractivity contribution < 1.29 is 0 Å². The van der Waals surface area contributed by atoms with Gasteiger partial charge in [0.15, 0.2) is 0 Å². The van der Waals surface area contributed by atoms with Gasteiger partial charge in [-0.2, -0.15) is 0 Å². The van der Waals surface area contributed by atoms with Crippen LogP contribution >= 0.6 is 11.3 Å².